The predicted octanol–water partition coefficient (Wildman–Crippen LogP) is 3.12. The van der Waals surface area contributed by atoms with Crippen LogP contribution in [0.1, 0.15) is 18.1 Å². The van der Waals surface area contributed by atoms with Gasteiger partial charge in [-0.1, -0.05) is 18.2 Å². The average molecular weight is 445 g/mol. The normalized spacial score (nSPS) is 13.4. The molecule has 0 radical (unpaired) electrons. The number of halogens is 3. The van der Waals surface area contributed by atoms with Gasteiger partial charge in [-0.25, -0.2) is 8.42 Å². The van der Waals surface area contributed by atoms with Crippen LogP contribution in [0.4, 0.5) is 13.2 Å². The summed E-state index contributed by atoms with van der Waals surface area (Å²) in [5, 5.41) is 0. The van der Waals surface area contributed by atoms with Crippen LogP contribution in [-0.4, -0.2) is 29.2 Å². The van der Waals surface area contributed by atoms with Gasteiger partial charge in [-0.3, -0.25) is 4.79 Å². The number of alkyl halides is 3. The molecule has 1 atom stereocenters. The molecule has 1 aromatic heterocycles. The van der Waals surface area contributed by atoms with E-state index in [2.05, 4.69) is 13.5 Å². The van der Waals surface area contributed by atoms with Crippen LogP contribution < -0.4 is 4.72 Å². The van der Waals surface area contributed by atoms with Crippen LogP contribution in [-0.2, 0) is 32.3 Å². The van der Waals surface area contributed by atoms with Crippen LogP contribution in [0.5, 0.6) is 0 Å². The van der Waals surface area contributed by atoms with Crippen LogP contribution in [0.3, 0.4) is 0 Å². The zero-order valence-electron chi connectivity index (χ0n) is 14.8. The SMILES string of the molecule is CC(NS(=O)(=O)c1cccc2nsnc12)C(=O)OCc1cccc(C(F)(F)F)c1. The molecule has 12 heteroatoms. The van der Waals surface area contributed by atoms with Gasteiger partial charge < -0.3 is 4.74 Å². The van der Waals surface area contributed by atoms with Gasteiger partial charge in [0.1, 0.15) is 28.6 Å². The highest BCUT2D eigenvalue weighted by Crippen LogP contribution is 2.29. The Bertz CT molecular complexity index is 1150. The molecule has 0 saturated heterocycles. The largest absolute Gasteiger partial charge is 0.460 e. The number of hydrogen-bond donors (Lipinski definition) is 1. The van der Waals surface area contributed by atoms with E-state index in [1.807, 2.05) is 0 Å². The smallest absolute Gasteiger partial charge is 0.416 e. The van der Waals surface area contributed by atoms with Crippen LogP contribution in [0.2, 0.25) is 0 Å². The monoisotopic (exact) mass is 445 g/mol. The third kappa shape index (κ3) is 4.89. The van der Waals surface area contributed by atoms with Crippen molar-refractivity contribution in [1.29, 1.82) is 0 Å². The summed E-state index contributed by atoms with van der Waals surface area (Å²) < 4.78 is 78.4. The average Bonchev–Trinajstić information content (AvgIpc) is 3.14. The zero-order valence-corrected chi connectivity index (χ0v) is 16.4. The lowest BCUT2D eigenvalue weighted by Crippen LogP contribution is -2.39. The first-order valence-corrected chi connectivity index (χ1v) is 10.4. The van der Waals surface area contributed by atoms with E-state index in [1.165, 1.54) is 31.2 Å². The molecule has 3 rings (SSSR count). The quantitative estimate of drug-likeness (QED) is 0.586. The highest BCUT2D eigenvalue weighted by Gasteiger charge is 2.30. The first kappa shape index (κ1) is 21.1. The van der Waals surface area contributed by atoms with E-state index in [1.54, 1.807) is 6.07 Å². The Morgan fingerprint density at radius 3 is 2.66 bits per heavy atom. The number of fused-ring (bicyclic) bond motifs is 1. The van der Waals surface area contributed by atoms with Crippen molar-refractivity contribution in [2.75, 3.05) is 0 Å². The number of carbonyl (C=O) groups is 1. The second-order valence-corrected chi connectivity index (χ2v) is 8.25. The molecule has 0 aliphatic heterocycles. The highest BCUT2D eigenvalue weighted by molar-refractivity contribution is 7.89. The van der Waals surface area contributed by atoms with Crippen molar-refractivity contribution in [1.82, 2.24) is 13.5 Å². The van der Waals surface area contributed by atoms with Crippen molar-refractivity contribution in [3.05, 3.63) is 53.6 Å². The fourth-order valence-corrected chi connectivity index (χ4v) is 4.42. The molecule has 154 valence electrons. The van der Waals surface area contributed by atoms with E-state index in [9.17, 15) is 26.4 Å². The molecule has 7 nitrogen and oxygen atoms in total. The van der Waals surface area contributed by atoms with E-state index in [-0.39, 0.29) is 16.0 Å². The number of nitrogens with one attached hydrogen (secondary N) is 1. The standard InChI is InChI=1S/C17H14F3N3O4S2/c1-10(16(24)27-9-11-4-2-5-12(8-11)17(18,19)20)23-29(25,26)14-7-3-6-13-15(14)22-28-21-13/h2-8,10,23H,9H2,1H3. The first-order valence-electron chi connectivity index (χ1n) is 8.14. The molecule has 0 fully saturated rings. The summed E-state index contributed by atoms with van der Waals surface area (Å²) in [6.45, 7) is 0.839. The predicted molar refractivity (Wildman–Crippen MR) is 98.4 cm³/mol. The second kappa shape index (κ2) is 8.05. The molecular formula is C17H14F3N3O4S2. The van der Waals surface area contributed by atoms with E-state index in [4.69, 9.17) is 4.74 Å². The summed E-state index contributed by atoms with van der Waals surface area (Å²) in [7, 11) is -4.11. The van der Waals surface area contributed by atoms with Crippen LogP contribution in [0.25, 0.3) is 11.0 Å². The third-order valence-electron chi connectivity index (χ3n) is 3.86. The molecular weight excluding hydrogens is 431 g/mol. The number of sulfonamides is 1. The lowest BCUT2D eigenvalue weighted by molar-refractivity contribution is -0.146. The van der Waals surface area contributed by atoms with Gasteiger partial charge in [0, 0.05) is 0 Å². The number of hydrogen-bond acceptors (Lipinski definition) is 7. The number of rotatable bonds is 6. The number of carbonyl (C=O) groups excluding carboxylic acids is 1. The zero-order chi connectivity index (χ0) is 21.2. The van der Waals surface area contributed by atoms with E-state index >= 15 is 0 Å². The Balaban J connectivity index is 1.67. The summed E-state index contributed by atoms with van der Waals surface area (Å²) in [6, 6.07) is 7.47. The Morgan fingerprint density at radius 2 is 1.93 bits per heavy atom. The first-order chi connectivity index (χ1) is 13.6. The van der Waals surface area contributed by atoms with Gasteiger partial charge in [0.15, 0.2) is 0 Å². The summed E-state index contributed by atoms with van der Waals surface area (Å²) in [5.74, 6) is -0.936. The minimum Gasteiger partial charge on any atom is -0.460 e. The molecule has 1 N–H and O–H groups in total. The van der Waals surface area contributed by atoms with Crippen molar-refractivity contribution in [3.63, 3.8) is 0 Å². The van der Waals surface area contributed by atoms with E-state index in [0.29, 0.717) is 5.52 Å². The fourth-order valence-electron chi connectivity index (χ4n) is 2.46. The lowest BCUT2D eigenvalue weighted by atomic mass is 10.1. The molecule has 2 aromatic carbocycles. The lowest BCUT2D eigenvalue weighted by Gasteiger charge is -2.14. The molecule has 29 heavy (non-hydrogen) atoms. The van der Waals surface area contributed by atoms with Gasteiger partial charge in [-0.2, -0.15) is 26.6 Å². The number of benzene rings is 2. The Morgan fingerprint density at radius 1 is 1.21 bits per heavy atom. The van der Waals surface area contributed by atoms with Crippen LogP contribution >= 0.6 is 11.7 Å². The van der Waals surface area contributed by atoms with Crippen molar-refractivity contribution in [2.24, 2.45) is 0 Å². The minimum absolute atomic E-state index is 0.126. The number of esters is 1. The van der Waals surface area contributed by atoms with Gasteiger partial charge in [0.2, 0.25) is 10.0 Å². The molecule has 1 heterocycles. The summed E-state index contributed by atoms with van der Waals surface area (Å²) in [4.78, 5) is 12.0. The Hall–Kier alpha value is -2.57. The van der Waals surface area contributed by atoms with Gasteiger partial charge in [-0.15, -0.1) is 0 Å². The van der Waals surface area contributed by atoms with Crippen molar-refractivity contribution >= 4 is 38.8 Å². The topological polar surface area (TPSA) is 98.3 Å². The Labute approximate surface area is 167 Å². The fraction of sp³-hybridized carbons (Fsp3) is 0.235. The number of aromatic nitrogens is 2. The summed E-state index contributed by atoms with van der Waals surface area (Å²) in [5.41, 5.74) is -0.168. The van der Waals surface area contributed by atoms with E-state index < -0.39 is 40.4 Å². The van der Waals surface area contributed by atoms with Crippen molar-refractivity contribution < 1.29 is 31.1 Å². The molecule has 0 aliphatic carbocycles. The molecule has 0 spiro atoms. The second-order valence-electron chi connectivity index (χ2n) is 6.04. The highest BCUT2D eigenvalue weighted by atomic mass is 32.2. The molecule has 0 amide bonds. The van der Waals surface area contributed by atoms with Crippen LogP contribution in [0.15, 0.2) is 47.4 Å². The maximum absolute atomic E-state index is 12.7. The Kier molecular flexibility index (Phi) is 5.87. The maximum atomic E-state index is 12.7. The van der Waals surface area contributed by atoms with E-state index in [0.717, 1.165) is 23.9 Å². The minimum atomic E-state index is -4.52. The van der Waals surface area contributed by atoms with Gasteiger partial charge in [0.25, 0.3) is 0 Å². The van der Waals surface area contributed by atoms with Crippen LogP contribution in [0, 0.1) is 0 Å². The van der Waals surface area contributed by atoms with Crippen molar-refractivity contribution in [2.45, 2.75) is 30.6 Å². The number of ether oxygens (including phenoxy) is 1. The van der Waals surface area contributed by atoms with Crippen molar-refractivity contribution in [3.8, 4) is 0 Å². The number of nitrogens with zero attached hydrogens (tertiary/aromatic N) is 2. The van der Waals surface area contributed by atoms with Gasteiger partial charge in [-0.05, 0) is 36.8 Å². The molecule has 0 saturated carbocycles. The van der Waals surface area contributed by atoms with Gasteiger partial charge >= 0.3 is 12.1 Å². The molecule has 0 bridgehead atoms. The molecule has 0 aliphatic rings. The van der Waals surface area contributed by atoms with Gasteiger partial charge in [0.05, 0.1) is 17.3 Å². The maximum Gasteiger partial charge on any atom is 0.416 e. The third-order valence-corrected chi connectivity index (χ3v) is 5.97. The molecule has 1 unspecified atom stereocenters. The summed E-state index contributed by atoms with van der Waals surface area (Å²) >= 11 is 0.853. The molecule has 3 aromatic rings. The summed E-state index contributed by atoms with van der Waals surface area (Å²) in [6.07, 6.45) is -4.52.